The minimum Gasteiger partial charge on any atom is -0.250 e. The molecule has 0 fully saturated rings. The van der Waals surface area contributed by atoms with Crippen LogP contribution in [0.1, 0.15) is 5.56 Å². The first-order valence-corrected chi connectivity index (χ1v) is 8.23. The third-order valence-corrected chi connectivity index (χ3v) is 4.66. The lowest BCUT2D eigenvalue weighted by Gasteiger charge is -2.08. The van der Waals surface area contributed by atoms with Crippen molar-refractivity contribution in [1.82, 2.24) is 19.6 Å². The van der Waals surface area contributed by atoms with Gasteiger partial charge in [-0.1, -0.05) is 41.4 Å². The molecule has 0 aliphatic heterocycles. The fourth-order valence-corrected chi connectivity index (χ4v) is 3.53. The van der Waals surface area contributed by atoms with E-state index in [1.165, 1.54) is 0 Å². The normalized spacial score (nSPS) is 11.3. The Kier molecular flexibility index (Phi) is 3.59. The van der Waals surface area contributed by atoms with Gasteiger partial charge in [0.25, 0.3) is 0 Å². The van der Waals surface area contributed by atoms with Crippen LogP contribution in [0.5, 0.6) is 0 Å². The predicted molar refractivity (Wildman–Crippen MR) is 98.0 cm³/mol. The first kappa shape index (κ1) is 15.2. The number of aryl methyl sites for hydroxylation is 2. The van der Waals surface area contributed by atoms with Crippen molar-refractivity contribution in [3.63, 3.8) is 0 Å². The zero-order valence-corrected chi connectivity index (χ0v) is 14.7. The molecule has 4 aromatic rings. The van der Waals surface area contributed by atoms with E-state index in [-0.39, 0.29) is 0 Å². The summed E-state index contributed by atoms with van der Waals surface area (Å²) in [6, 6.07) is 11.5. The predicted octanol–water partition coefficient (Wildman–Crippen LogP) is 5.04. The van der Waals surface area contributed by atoms with Gasteiger partial charge in [0.05, 0.1) is 0 Å². The van der Waals surface area contributed by atoms with E-state index >= 15 is 0 Å². The molecular weight excluding hydrogens is 343 g/mol. The Labute approximate surface area is 149 Å². The molecule has 0 aliphatic rings. The summed E-state index contributed by atoms with van der Waals surface area (Å²) in [7, 11) is 1.92. The average Bonchev–Trinajstić information content (AvgIpc) is 3.16. The lowest BCUT2D eigenvalue weighted by Crippen LogP contribution is -2.03. The largest absolute Gasteiger partial charge is 0.250 e. The SMILES string of the molecule is Cc1ccc(-c2ccc(Cl)cc2Cl)c2nn(C)c(-n3cccn3)c12. The molecule has 2 aromatic heterocycles. The summed E-state index contributed by atoms with van der Waals surface area (Å²) < 4.78 is 3.67. The molecule has 0 aliphatic carbocycles. The molecule has 0 saturated heterocycles. The van der Waals surface area contributed by atoms with Gasteiger partial charge in [-0.05, 0) is 30.7 Å². The van der Waals surface area contributed by atoms with Crippen LogP contribution in [0, 0.1) is 6.92 Å². The molecule has 0 spiro atoms. The van der Waals surface area contributed by atoms with Crippen LogP contribution >= 0.6 is 23.2 Å². The van der Waals surface area contributed by atoms with Crippen LogP contribution in [-0.2, 0) is 7.05 Å². The highest BCUT2D eigenvalue weighted by molar-refractivity contribution is 6.36. The van der Waals surface area contributed by atoms with E-state index < -0.39 is 0 Å². The van der Waals surface area contributed by atoms with Gasteiger partial charge < -0.3 is 0 Å². The first-order valence-electron chi connectivity index (χ1n) is 7.48. The number of benzene rings is 2. The van der Waals surface area contributed by atoms with Crippen molar-refractivity contribution in [2.45, 2.75) is 6.92 Å². The molecule has 0 N–H and O–H groups in total. The molecule has 0 radical (unpaired) electrons. The van der Waals surface area contributed by atoms with E-state index in [9.17, 15) is 0 Å². The van der Waals surface area contributed by atoms with Crippen molar-refractivity contribution in [2.75, 3.05) is 0 Å². The Morgan fingerprint density at radius 2 is 1.83 bits per heavy atom. The van der Waals surface area contributed by atoms with Crippen molar-refractivity contribution >= 4 is 34.1 Å². The average molecular weight is 357 g/mol. The summed E-state index contributed by atoms with van der Waals surface area (Å²) in [5.74, 6) is 0.930. The summed E-state index contributed by atoms with van der Waals surface area (Å²) in [4.78, 5) is 0. The molecular formula is C18H14Cl2N4. The fourth-order valence-electron chi connectivity index (χ4n) is 3.02. The van der Waals surface area contributed by atoms with Gasteiger partial charge in [-0.2, -0.15) is 10.2 Å². The van der Waals surface area contributed by atoms with Crippen molar-refractivity contribution < 1.29 is 0 Å². The second-order valence-electron chi connectivity index (χ2n) is 5.68. The van der Waals surface area contributed by atoms with Gasteiger partial charge in [-0.3, -0.25) is 0 Å². The number of hydrogen-bond acceptors (Lipinski definition) is 2. The monoisotopic (exact) mass is 356 g/mol. The van der Waals surface area contributed by atoms with E-state index in [0.29, 0.717) is 10.0 Å². The van der Waals surface area contributed by atoms with Crippen LogP contribution in [0.4, 0.5) is 0 Å². The van der Waals surface area contributed by atoms with E-state index in [1.54, 1.807) is 12.3 Å². The zero-order valence-electron chi connectivity index (χ0n) is 13.2. The summed E-state index contributed by atoms with van der Waals surface area (Å²) in [6.45, 7) is 2.07. The maximum atomic E-state index is 6.41. The lowest BCUT2D eigenvalue weighted by molar-refractivity contribution is 0.706. The van der Waals surface area contributed by atoms with E-state index in [1.807, 2.05) is 46.9 Å². The highest BCUT2D eigenvalue weighted by atomic mass is 35.5. The van der Waals surface area contributed by atoms with Gasteiger partial charge in [0.1, 0.15) is 5.52 Å². The van der Waals surface area contributed by atoms with Crippen LogP contribution in [0.15, 0.2) is 48.8 Å². The first-order chi connectivity index (χ1) is 11.6. The van der Waals surface area contributed by atoms with Crippen LogP contribution < -0.4 is 0 Å². The fraction of sp³-hybridized carbons (Fsp3) is 0.111. The van der Waals surface area contributed by atoms with Gasteiger partial charge in [0.2, 0.25) is 0 Å². The molecule has 0 bridgehead atoms. The Morgan fingerprint density at radius 1 is 1.04 bits per heavy atom. The van der Waals surface area contributed by atoms with Crippen LogP contribution in [0.3, 0.4) is 0 Å². The molecule has 4 rings (SSSR count). The number of fused-ring (bicyclic) bond motifs is 1. The number of hydrogen-bond donors (Lipinski definition) is 0. The van der Waals surface area contributed by atoms with Crippen LogP contribution in [0.25, 0.3) is 27.8 Å². The van der Waals surface area contributed by atoms with Gasteiger partial charge in [-0.25, -0.2) is 9.36 Å². The number of halogens is 2. The highest BCUT2D eigenvalue weighted by Gasteiger charge is 2.18. The smallest absolute Gasteiger partial charge is 0.159 e. The Hall–Kier alpha value is -2.30. The molecule has 0 atom stereocenters. The van der Waals surface area contributed by atoms with Crippen LogP contribution in [0.2, 0.25) is 10.0 Å². The zero-order chi connectivity index (χ0) is 16.8. The molecule has 0 saturated carbocycles. The molecule has 0 unspecified atom stereocenters. The quantitative estimate of drug-likeness (QED) is 0.504. The summed E-state index contributed by atoms with van der Waals surface area (Å²) in [5.41, 5.74) is 3.92. The molecule has 2 aromatic carbocycles. The minimum atomic E-state index is 0.610. The Balaban J connectivity index is 2.06. The Morgan fingerprint density at radius 3 is 2.54 bits per heavy atom. The number of nitrogens with zero attached hydrogens (tertiary/aromatic N) is 4. The topological polar surface area (TPSA) is 35.6 Å². The molecule has 24 heavy (non-hydrogen) atoms. The number of aromatic nitrogens is 4. The minimum absolute atomic E-state index is 0.610. The second-order valence-corrected chi connectivity index (χ2v) is 6.52. The maximum Gasteiger partial charge on any atom is 0.159 e. The van der Waals surface area contributed by atoms with Crippen molar-refractivity contribution in [1.29, 1.82) is 0 Å². The molecule has 6 heteroatoms. The Bertz CT molecular complexity index is 1050. The number of rotatable bonds is 2. The second kappa shape index (κ2) is 5.65. The lowest BCUT2D eigenvalue weighted by atomic mass is 10.00. The van der Waals surface area contributed by atoms with Crippen molar-refractivity contribution in [3.8, 4) is 16.9 Å². The van der Waals surface area contributed by atoms with E-state index in [0.717, 1.165) is 33.4 Å². The molecule has 2 heterocycles. The summed E-state index contributed by atoms with van der Waals surface area (Å²) >= 11 is 12.4. The highest BCUT2D eigenvalue weighted by Crippen LogP contribution is 2.37. The summed E-state index contributed by atoms with van der Waals surface area (Å²) in [6.07, 6.45) is 3.67. The van der Waals surface area contributed by atoms with Crippen molar-refractivity contribution in [3.05, 3.63) is 64.4 Å². The third-order valence-electron chi connectivity index (χ3n) is 4.11. The standard InChI is InChI=1S/C18H14Cl2N4/c1-11-4-6-14(13-7-5-12(19)10-15(13)20)17-16(11)18(23(2)22-17)24-9-3-8-21-24/h3-10H,1-2H3. The van der Waals surface area contributed by atoms with Gasteiger partial charge >= 0.3 is 0 Å². The maximum absolute atomic E-state index is 6.41. The third kappa shape index (κ3) is 2.30. The van der Waals surface area contributed by atoms with Crippen molar-refractivity contribution in [2.24, 2.45) is 7.05 Å². The summed E-state index contributed by atoms with van der Waals surface area (Å²) in [5, 5.41) is 11.4. The molecule has 120 valence electrons. The van der Waals surface area contributed by atoms with Crippen LogP contribution in [-0.4, -0.2) is 19.6 Å². The molecule has 4 nitrogen and oxygen atoms in total. The van der Waals surface area contributed by atoms with E-state index in [2.05, 4.69) is 18.1 Å². The van der Waals surface area contributed by atoms with E-state index in [4.69, 9.17) is 28.3 Å². The molecule has 0 amide bonds. The van der Waals surface area contributed by atoms with Gasteiger partial charge in [0.15, 0.2) is 5.82 Å². The van der Waals surface area contributed by atoms with Gasteiger partial charge in [-0.15, -0.1) is 0 Å². The van der Waals surface area contributed by atoms with Gasteiger partial charge in [0, 0.05) is 46.0 Å².